The van der Waals surface area contributed by atoms with Crippen LogP contribution in [-0.4, -0.2) is 27.4 Å². The first-order valence-corrected chi connectivity index (χ1v) is 8.53. The highest BCUT2D eigenvalue weighted by molar-refractivity contribution is 5.92. The Morgan fingerprint density at radius 3 is 2.56 bits per heavy atom. The maximum atomic E-state index is 11.3. The van der Waals surface area contributed by atoms with Crippen molar-refractivity contribution in [2.24, 2.45) is 0 Å². The molecule has 3 rings (SSSR count). The van der Waals surface area contributed by atoms with Gasteiger partial charge >= 0.3 is 0 Å². The number of pyridine rings is 1. The Hall–Kier alpha value is -3.41. The molecule has 2 heterocycles. The summed E-state index contributed by atoms with van der Waals surface area (Å²) >= 11 is 0. The number of aromatic nitrogens is 3. The minimum absolute atomic E-state index is 0.0652. The number of carbonyl (C=O) groups excluding carboxylic acids is 1. The summed E-state index contributed by atoms with van der Waals surface area (Å²) < 4.78 is 7.29. The summed E-state index contributed by atoms with van der Waals surface area (Å²) in [6.07, 6.45) is 3.55. The second kappa shape index (κ2) is 7.45. The number of aryl methyl sites for hydroxylation is 2. The first-order chi connectivity index (χ1) is 12.9. The monoisotopic (exact) mass is 362 g/mol. The van der Waals surface area contributed by atoms with E-state index in [1.165, 1.54) is 6.92 Å². The topological polar surface area (TPSA) is 69.0 Å². The van der Waals surface area contributed by atoms with Crippen molar-refractivity contribution < 1.29 is 9.53 Å². The zero-order valence-corrected chi connectivity index (χ0v) is 15.9. The molecular weight excluding hydrogens is 340 g/mol. The van der Waals surface area contributed by atoms with E-state index in [1.807, 2.05) is 42.8 Å². The molecule has 0 amide bonds. The van der Waals surface area contributed by atoms with Gasteiger partial charge in [0.15, 0.2) is 5.78 Å². The van der Waals surface area contributed by atoms with Crippen molar-refractivity contribution in [1.29, 1.82) is 0 Å². The molecule has 0 saturated carbocycles. The molecule has 1 aromatic carbocycles. The average molecular weight is 362 g/mol. The molecule has 27 heavy (non-hydrogen) atoms. The zero-order chi connectivity index (χ0) is 19.6. The number of ether oxygens (including phenoxy) is 1. The first kappa shape index (κ1) is 18.4. The molecule has 0 spiro atoms. The van der Waals surface area contributed by atoms with Gasteiger partial charge in [-0.1, -0.05) is 6.58 Å². The van der Waals surface area contributed by atoms with Gasteiger partial charge in [0, 0.05) is 18.8 Å². The van der Waals surface area contributed by atoms with Crippen LogP contribution in [0.15, 0.2) is 49.3 Å². The third-order valence-electron chi connectivity index (χ3n) is 4.27. The van der Waals surface area contributed by atoms with E-state index < -0.39 is 0 Å². The summed E-state index contributed by atoms with van der Waals surface area (Å²) in [5.41, 5.74) is 4.69. The fraction of sp³-hybridized carbons (Fsp3) is 0.190. The van der Waals surface area contributed by atoms with Gasteiger partial charge in [-0.15, -0.1) is 0 Å². The van der Waals surface area contributed by atoms with Crippen LogP contribution in [0.25, 0.3) is 11.4 Å². The van der Waals surface area contributed by atoms with Gasteiger partial charge in [0.05, 0.1) is 24.7 Å². The molecule has 0 radical (unpaired) electrons. The highest BCUT2D eigenvalue weighted by Crippen LogP contribution is 2.24. The lowest BCUT2D eigenvalue weighted by Crippen LogP contribution is -2.01. The summed E-state index contributed by atoms with van der Waals surface area (Å²) in [5, 5.41) is 3.19. The van der Waals surface area contributed by atoms with E-state index in [0.29, 0.717) is 11.4 Å². The van der Waals surface area contributed by atoms with E-state index in [2.05, 4.69) is 21.9 Å². The Bertz CT molecular complexity index is 1000. The van der Waals surface area contributed by atoms with Gasteiger partial charge in [0.2, 0.25) is 0 Å². The molecule has 138 valence electrons. The number of ketones is 1. The van der Waals surface area contributed by atoms with E-state index in [-0.39, 0.29) is 5.78 Å². The van der Waals surface area contributed by atoms with E-state index >= 15 is 0 Å². The van der Waals surface area contributed by atoms with Crippen LogP contribution < -0.4 is 10.1 Å². The number of benzene rings is 1. The number of methoxy groups -OCH3 is 1. The van der Waals surface area contributed by atoms with Crippen molar-refractivity contribution in [3.63, 3.8) is 0 Å². The number of rotatable bonds is 6. The fourth-order valence-corrected chi connectivity index (χ4v) is 2.80. The number of anilines is 1. The van der Waals surface area contributed by atoms with Crippen LogP contribution in [0.3, 0.4) is 0 Å². The normalized spacial score (nSPS) is 10.5. The number of hydrogen-bond donors (Lipinski definition) is 1. The molecule has 0 aliphatic rings. The average Bonchev–Trinajstić information content (AvgIpc) is 3.03. The lowest BCUT2D eigenvalue weighted by Gasteiger charge is -2.10. The number of imidazole rings is 1. The van der Waals surface area contributed by atoms with Gasteiger partial charge in [-0.25, -0.2) is 4.98 Å². The summed E-state index contributed by atoms with van der Waals surface area (Å²) in [5.74, 6) is 1.61. The minimum atomic E-state index is -0.0652. The number of carbonyl (C=O) groups is 1. The lowest BCUT2D eigenvalue weighted by molar-refractivity contribution is 0.101. The van der Waals surface area contributed by atoms with E-state index in [0.717, 1.165) is 34.2 Å². The maximum Gasteiger partial charge on any atom is 0.178 e. The van der Waals surface area contributed by atoms with Gasteiger partial charge < -0.3 is 14.6 Å². The molecule has 6 heteroatoms. The second-order valence-corrected chi connectivity index (χ2v) is 6.29. The highest BCUT2D eigenvalue weighted by Gasteiger charge is 2.11. The number of nitrogens with zero attached hydrogens (tertiary/aromatic N) is 3. The Labute approximate surface area is 158 Å². The highest BCUT2D eigenvalue weighted by atomic mass is 16.5. The van der Waals surface area contributed by atoms with E-state index in [4.69, 9.17) is 4.74 Å². The Balaban J connectivity index is 1.83. The molecule has 0 atom stereocenters. The van der Waals surface area contributed by atoms with Gasteiger partial charge in [-0.05, 0) is 49.7 Å². The molecule has 0 saturated heterocycles. The molecule has 0 bridgehead atoms. The molecule has 6 nitrogen and oxygen atoms in total. The molecule has 0 unspecified atom stereocenters. The van der Waals surface area contributed by atoms with Crippen LogP contribution in [0.4, 0.5) is 5.69 Å². The van der Waals surface area contributed by atoms with Gasteiger partial charge in [0.1, 0.15) is 23.0 Å². The fourth-order valence-electron chi connectivity index (χ4n) is 2.80. The van der Waals surface area contributed by atoms with Crippen molar-refractivity contribution in [3.05, 3.63) is 72.1 Å². The van der Waals surface area contributed by atoms with E-state index in [1.54, 1.807) is 25.4 Å². The van der Waals surface area contributed by atoms with Gasteiger partial charge in [-0.2, -0.15) is 0 Å². The van der Waals surface area contributed by atoms with Crippen molar-refractivity contribution in [2.45, 2.75) is 20.8 Å². The minimum Gasteiger partial charge on any atom is -0.497 e. The Morgan fingerprint density at radius 1 is 1.19 bits per heavy atom. The molecule has 0 aliphatic carbocycles. The standard InChI is InChI=1S/C21H22N4O2/c1-13-10-18(27-5)7-9-21(13)25-12-20(24-16(25)4)14(2)23-17-6-8-19(15(3)26)22-11-17/h6-12,23H,2H2,1,3-5H3. The van der Waals surface area contributed by atoms with Crippen LogP contribution in [0.2, 0.25) is 0 Å². The van der Waals surface area contributed by atoms with Crippen molar-refractivity contribution in [2.75, 3.05) is 12.4 Å². The molecular formula is C21H22N4O2. The number of hydrogen-bond acceptors (Lipinski definition) is 5. The molecule has 1 N–H and O–H groups in total. The van der Waals surface area contributed by atoms with Crippen LogP contribution in [0.1, 0.15) is 34.5 Å². The largest absolute Gasteiger partial charge is 0.497 e. The summed E-state index contributed by atoms with van der Waals surface area (Å²) in [7, 11) is 1.66. The second-order valence-electron chi connectivity index (χ2n) is 6.29. The third-order valence-corrected chi connectivity index (χ3v) is 4.27. The van der Waals surface area contributed by atoms with Gasteiger partial charge in [-0.3, -0.25) is 9.78 Å². The predicted octanol–water partition coefficient (Wildman–Crippen LogP) is 4.18. The predicted molar refractivity (Wildman–Crippen MR) is 106 cm³/mol. The smallest absolute Gasteiger partial charge is 0.178 e. The van der Waals surface area contributed by atoms with Crippen LogP contribution in [0.5, 0.6) is 5.75 Å². The van der Waals surface area contributed by atoms with Crippen molar-refractivity contribution in [3.8, 4) is 11.4 Å². The summed E-state index contributed by atoms with van der Waals surface area (Å²) in [6.45, 7) is 9.55. The number of nitrogens with one attached hydrogen (secondary N) is 1. The van der Waals surface area contributed by atoms with Crippen LogP contribution in [-0.2, 0) is 0 Å². The SMILES string of the molecule is C=C(Nc1ccc(C(C)=O)nc1)c1cn(-c2ccc(OC)cc2C)c(C)n1. The summed E-state index contributed by atoms with van der Waals surface area (Å²) in [6, 6.07) is 9.41. The molecule has 0 fully saturated rings. The van der Waals surface area contributed by atoms with E-state index in [9.17, 15) is 4.79 Å². The molecule has 3 aromatic rings. The first-order valence-electron chi connectivity index (χ1n) is 8.53. The third kappa shape index (κ3) is 3.89. The quantitative estimate of drug-likeness (QED) is 0.666. The van der Waals surface area contributed by atoms with Crippen molar-refractivity contribution >= 4 is 17.2 Å². The Kier molecular flexibility index (Phi) is 5.07. The summed E-state index contributed by atoms with van der Waals surface area (Å²) in [4.78, 5) is 20.1. The maximum absolute atomic E-state index is 11.3. The Morgan fingerprint density at radius 2 is 1.96 bits per heavy atom. The molecule has 2 aromatic heterocycles. The number of Topliss-reactive ketones (excluding diaryl/α,β-unsaturated/α-hetero) is 1. The van der Waals surface area contributed by atoms with Gasteiger partial charge in [0.25, 0.3) is 0 Å². The lowest BCUT2D eigenvalue weighted by atomic mass is 10.2. The van der Waals surface area contributed by atoms with Crippen molar-refractivity contribution in [1.82, 2.24) is 14.5 Å². The van der Waals surface area contributed by atoms with Crippen LogP contribution >= 0.6 is 0 Å². The van der Waals surface area contributed by atoms with Crippen LogP contribution in [0, 0.1) is 13.8 Å². The molecule has 0 aliphatic heterocycles. The zero-order valence-electron chi connectivity index (χ0n) is 15.9.